The number of ketones is 1. The summed E-state index contributed by atoms with van der Waals surface area (Å²) in [6, 6.07) is 0. The highest BCUT2D eigenvalue weighted by Gasteiger charge is 2.46. The Morgan fingerprint density at radius 2 is 2.09 bits per heavy atom. The van der Waals surface area contributed by atoms with E-state index in [0.717, 1.165) is 5.57 Å². The largest absolute Gasteiger partial charge is 0.458 e. The van der Waals surface area contributed by atoms with Crippen molar-refractivity contribution in [3.8, 4) is 0 Å². The third-order valence-electron chi connectivity index (χ3n) is 4.34. The second-order valence-corrected chi connectivity index (χ2v) is 6.15. The first kappa shape index (κ1) is 16.5. The van der Waals surface area contributed by atoms with Gasteiger partial charge in [-0.1, -0.05) is 19.1 Å². The van der Waals surface area contributed by atoms with E-state index in [-0.39, 0.29) is 23.7 Å². The fourth-order valence-corrected chi connectivity index (χ4v) is 3.18. The highest BCUT2D eigenvalue weighted by atomic mass is 16.6. The Labute approximate surface area is 130 Å². The Morgan fingerprint density at radius 1 is 1.41 bits per heavy atom. The molecule has 0 radical (unpaired) electrons. The molecule has 5 nitrogen and oxygen atoms in total. The Morgan fingerprint density at radius 3 is 2.68 bits per heavy atom. The number of fused-ring (bicyclic) bond motifs is 1. The van der Waals surface area contributed by atoms with Crippen LogP contribution in [0, 0.1) is 11.8 Å². The molecule has 2 rings (SSSR count). The summed E-state index contributed by atoms with van der Waals surface area (Å²) >= 11 is 0. The molecule has 120 valence electrons. The van der Waals surface area contributed by atoms with Crippen LogP contribution in [-0.4, -0.2) is 29.9 Å². The molecule has 0 bridgehead atoms. The molecule has 0 N–H and O–H groups in total. The standard InChI is InChI=1S/C17H22O5/c1-9-7-14-16(11(3)17(20)22-14)15(21-12(4)19)8-13(9)6-5-10(2)18/h8-9,14-16H,3,5-7H2,1-2,4H3/t9-,14+,15+,16+/m1/s1. The molecule has 22 heavy (non-hydrogen) atoms. The van der Waals surface area contributed by atoms with Gasteiger partial charge in [-0.3, -0.25) is 4.79 Å². The number of carbonyl (C=O) groups is 3. The van der Waals surface area contributed by atoms with Crippen molar-refractivity contribution in [3.05, 3.63) is 23.8 Å². The van der Waals surface area contributed by atoms with Crippen molar-refractivity contribution in [2.24, 2.45) is 11.8 Å². The first-order valence-corrected chi connectivity index (χ1v) is 7.56. The SMILES string of the molecule is C=C1C(=O)O[C@H]2C[C@@H](C)C(CCC(C)=O)=C[C@H](OC(C)=O)[C@@H]12. The van der Waals surface area contributed by atoms with Gasteiger partial charge < -0.3 is 14.3 Å². The van der Waals surface area contributed by atoms with Crippen LogP contribution in [0.1, 0.15) is 40.0 Å². The van der Waals surface area contributed by atoms with Gasteiger partial charge in [0.1, 0.15) is 18.0 Å². The number of allylic oxidation sites excluding steroid dienone is 1. The third kappa shape index (κ3) is 3.46. The molecule has 1 saturated heterocycles. The predicted molar refractivity (Wildman–Crippen MR) is 79.8 cm³/mol. The van der Waals surface area contributed by atoms with Crippen molar-refractivity contribution in [2.45, 2.75) is 52.2 Å². The number of carbonyl (C=O) groups excluding carboxylic acids is 3. The number of hydrogen-bond donors (Lipinski definition) is 0. The summed E-state index contributed by atoms with van der Waals surface area (Å²) in [7, 11) is 0. The maximum atomic E-state index is 11.8. The van der Waals surface area contributed by atoms with E-state index in [2.05, 4.69) is 6.58 Å². The molecule has 0 aromatic heterocycles. The number of esters is 2. The molecule has 0 amide bonds. The molecule has 0 aromatic carbocycles. The molecule has 5 heteroatoms. The molecule has 1 fully saturated rings. The first-order chi connectivity index (χ1) is 10.3. The quantitative estimate of drug-likeness (QED) is 0.453. The molecular formula is C17H22O5. The molecule has 1 aliphatic carbocycles. The van der Waals surface area contributed by atoms with Crippen LogP contribution in [0.4, 0.5) is 0 Å². The molecule has 1 aliphatic heterocycles. The van der Waals surface area contributed by atoms with Crippen LogP contribution < -0.4 is 0 Å². The minimum Gasteiger partial charge on any atom is -0.458 e. The van der Waals surface area contributed by atoms with Crippen LogP contribution in [0.3, 0.4) is 0 Å². The van der Waals surface area contributed by atoms with Gasteiger partial charge in [0.2, 0.25) is 0 Å². The molecule has 0 unspecified atom stereocenters. The van der Waals surface area contributed by atoms with Gasteiger partial charge in [-0.2, -0.15) is 0 Å². The lowest BCUT2D eigenvalue weighted by Gasteiger charge is -2.22. The first-order valence-electron chi connectivity index (χ1n) is 7.56. The van der Waals surface area contributed by atoms with Crippen molar-refractivity contribution in [3.63, 3.8) is 0 Å². The smallest absolute Gasteiger partial charge is 0.334 e. The van der Waals surface area contributed by atoms with Gasteiger partial charge in [0.05, 0.1) is 5.92 Å². The number of ether oxygens (including phenoxy) is 2. The number of rotatable bonds is 4. The Hall–Kier alpha value is -1.91. The highest BCUT2D eigenvalue weighted by Crippen LogP contribution is 2.40. The highest BCUT2D eigenvalue weighted by molar-refractivity contribution is 5.91. The minimum absolute atomic E-state index is 0.123. The zero-order chi connectivity index (χ0) is 16.4. The topological polar surface area (TPSA) is 69.7 Å². The molecule has 0 saturated carbocycles. The zero-order valence-electron chi connectivity index (χ0n) is 13.3. The maximum absolute atomic E-state index is 11.8. The van der Waals surface area contributed by atoms with E-state index in [1.54, 1.807) is 6.92 Å². The summed E-state index contributed by atoms with van der Waals surface area (Å²) in [5.41, 5.74) is 1.42. The van der Waals surface area contributed by atoms with E-state index in [1.165, 1.54) is 6.92 Å². The van der Waals surface area contributed by atoms with Crippen molar-refractivity contribution in [1.82, 2.24) is 0 Å². The fraction of sp³-hybridized carbons (Fsp3) is 0.588. The molecule has 0 spiro atoms. The van der Waals surface area contributed by atoms with Gasteiger partial charge in [0, 0.05) is 18.9 Å². The lowest BCUT2D eigenvalue weighted by atomic mass is 9.89. The van der Waals surface area contributed by atoms with E-state index < -0.39 is 18.0 Å². The summed E-state index contributed by atoms with van der Waals surface area (Å²) in [6.45, 7) is 8.73. The van der Waals surface area contributed by atoms with Crippen molar-refractivity contribution in [2.75, 3.05) is 0 Å². The van der Waals surface area contributed by atoms with Gasteiger partial charge in [0.25, 0.3) is 0 Å². The summed E-state index contributed by atoms with van der Waals surface area (Å²) < 4.78 is 10.8. The average Bonchev–Trinajstić information content (AvgIpc) is 2.60. The van der Waals surface area contributed by atoms with Crippen molar-refractivity contribution >= 4 is 17.7 Å². The Bertz CT molecular complexity index is 545. The van der Waals surface area contributed by atoms with Crippen LogP contribution in [0.15, 0.2) is 23.8 Å². The van der Waals surface area contributed by atoms with Gasteiger partial charge >= 0.3 is 11.9 Å². The molecular weight excluding hydrogens is 284 g/mol. The Balaban J connectivity index is 2.30. The van der Waals surface area contributed by atoms with Crippen LogP contribution in [0.5, 0.6) is 0 Å². The van der Waals surface area contributed by atoms with Gasteiger partial charge in [-0.25, -0.2) is 4.79 Å². The Kier molecular flexibility index (Phi) is 4.84. The van der Waals surface area contributed by atoms with Crippen molar-refractivity contribution in [1.29, 1.82) is 0 Å². The maximum Gasteiger partial charge on any atom is 0.334 e. The summed E-state index contributed by atoms with van der Waals surface area (Å²) in [5, 5.41) is 0. The van der Waals surface area contributed by atoms with Gasteiger partial charge in [-0.05, 0) is 31.8 Å². The van der Waals surface area contributed by atoms with Crippen LogP contribution in [-0.2, 0) is 23.9 Å². The minimum atomic E-state index is -0.562. The summed E-state index contributed by atoms with van der Waals surface area (Å²) in [4.78, 5) is 34.4. The monoisotopic (exact) mass is 306 g/mol. The van der Waals surface area contributed by atoms with E-state index in [4.69, 9.17) is 9.47 Å². The second-order valence-electron chi connectivity index (χ2n) is 6.15. The second kappa shape index (κ2) is 6.46. The van der Waals surface area contributed by atoms with Crippen molar-refractivity contribution < 1.29 is 23.9 Å². The van der Waals surface area contributed by atoms with E-state index >= 15 is 0 Å². The number of Topliss-reactive ketones (excluding diaryl/α,β-unsaturated/α-hetero) is 1. The fourth-order valence-electron chi connectivity index (χ4n) is 3.18. The van der Waals surface area contributed by atoms with E-state index in [9.17, 15) is 14.4 Å². The lowest BCUT2D eigenvalue weighted by Crippen LogP contribution is -2.30. The molecule has 2 aliphatic rings. The summed E-state index contributed by atoms with van der Waals surface area (Å²) in [5.74, 6) is -0.884. The number of hydrogen-bond acceptors (Lipinski definition) is 5. The van der Waals surface area contributed by atoms with Crippen LogP contribution in [0.2, 0.25) is 0 Å². The third-order valence-corrected chi connectivity index (χ3v) is 4.34. The van der Waals surface area contributed by atoms with Gasteiger partial charge in [-0.15, -0.1) is 0 Å². The normalized spacial score (nSPS) is 31.0. The predicted octanol–water partition coefficient (Wildman–Crippen LogP) is 2.35. The molecule has 1 heterocycles. The average molecular weight is 306 g/mol. The molecule has 4 atom stereocenters. The molecule has 0 aromatic rings. The zero-order valence-corrected chi connectivity index (χ0v) is 13.3. The van der Waals surface area contributed by atoms with E-state index in [1.807, 2.05) is 13.0 Å². The van der Waals surface area contributed by atoms with E-state index in [0.29, 0.717) is 24.8 Å². The lowest BCUT2D eigenvalue weighted by molar-refractivity contribution is -0.147. The van der Waals surface area contributed by atoms with Crippen LogP contribution in [0.25, 0.3) is 0 Å². The van der Waals surface area contributed by atoms with Gasteiger partial charge in [0.15, 0.2) is 0 Å². The van der Waals surface area contributed by atoms with Crippen LogP contribution >= 0.6 is 0 Å². The summed E-state index contributed by atoms with van der Waals surface area (Å²) in [6.07, 6.45) is 2.73.